The molecule has 4 fully saturated rings. The second-order valence-corrected chi connectivity index (χ2v) is 9.39. The van der Waals surface area contributed by atoms with Crippen molar-refractivity contribution in [2.45, 2.75) is 57.3 Å². The number of benzene rings is 1. The number of fused-ring (bicyclic) bond motifs is 2. The molecule has 1 aromatic rings. The molecular formula is C24H37IN4O2. The summed E-state index contributed by atoms with van der Waals surface area (Å²) in [5, 5.41) is 7.41. The normalized spacial score (nSPS) is 29.8. The lowest BCUT2D eigenvalue weighted by Gasteiger charge is -2.57. The van der Waals surface area contributed by atoms with Gasteiger partial charge in [0.2, 0.25) is 0 Å². The Bertz CT molecular complexity index is 762. The Hall–Kier alpha value is -0.900. The molecule has 3 unspecified atom stereocenters. The SMILES string of the molecule is CN=C(NCc1ccccc1CN1CCOCC1)NC1C2CCOC2C12CCCC2.I. The summed E-state index contributed by atoms with van der Waals surface area (Å²) in [5.41, 5.74) is 3.08. The van der Waals surface area contributed by atoms with Crippen LogP contribution in [0.2, 0.25) is 0 Å². The van der Waals surface area contributed by atoms with Gasteiger partial charge in [-0.2, -0.15) is 0 Å². The van der Waals surface area contributed by atoms with E-state index in [4.69, 9.17) is 9.47 Å². The Morgan fingerprint density at radius 3 is 2.61 bits per heavy atom. The maximum atomic E-state index is 6.14. The van der Waals surface area contributed by atoms with Crippen molar-refractivity contribution in [2.75, 3.05) is 40.0 Å². The molecule has 7 heteroatoms. The molecule has 2 saturated heterocycles. The minimum atomic E-state index is 0. The number of guanidine groups is 1. The summed E-state index contributed by atoms with van der Waals surface area (Å²) < 4.78 is 11.6. The minimum Gasteiger partial charge on any atom is -0.379 e. The molecule has 1 spiro atoms. The van der Waals surface area contributed by atoms with Gasteiger partial charge < -0.3 is 20.1 Å². The Kier molecular flexibility index (Phi) is 7.77. The van der Waals surface area contributed by atoms with E-state index in [1.54, 1.807) is 0 Å². The first-order chi connectivity index (χ1) is 14.8. The standard InChI is InChI=1S/C24H36N4O2.HI/c1-25-23(27-21-20-8-13-30-22(20)24(21)9-4-5-10-24)26-16-18-6-2-3-7-19(18)17-28-11-14-29-15-12-28;/h2-3,6-7,20-22H,4-5,8-17H2,1H3,(H2,25,26,27);1H. The summed E-state index contributed by atoms with van der Waals surface area (Å²) >= 11 is 0. The maximum Gasteiger partial charge on any atom is 0.191 e. The van der Waals surface area contributed by atoms with E-state index >= 15 is 0 Å². The second kappa shape index (κ2) is 10.4. The summed E-state index contributed by atoms with van der Waals surface area (Å²) in [6, 6.07) is 9.27. The van der Waals surface area contributed by atoms with E-state index in [1.807, 2.05) is 7.05 Å². The van der Waals surface area contributed by atoms with Crippen LogP contribution in [-0.2, 0) is 22.6 Å². The van der Waals surface area contributed by atoms with Crippen molar-refractivity contribution in [3.8, 4) is 0 Å². The highest BCUT2D eigenvalue weighted by atomic mass is 127. The van der Waals surface area contributed by atoms with Crippen molar-refractivity contribution in [3.63, 3.8) is 0 Å². The van der Waals surface area contributed by atoms with Crippen LogP contribution in [-0.4, -0.2) is 63.0 Å². The van der Waals surface area contributed by atoms with Crippen LogP contribution in [0.15, 0.2) is 29.3 Å². The smallest absolute Gasteiger partial charge is 0.191 e. The average molecular weight is 540 g/mol. The molecule has 2 N–H and O–H groups in total. The first-order valence-electron chi connectivity index (χ1n) is 11.8. The molecule has 6 nitrogen and oxygen atoms in total. The largest absolute Gasteiger partial charge is 0.379 e. The third-order valence-electron chi connectivity index (χ3n) is 7.86. The number of aliphatic imine (C=N–C) groups is 1. The van der Waals surface area contributed by atoms with Crippen LogP contribution in [0.3, 0.4) is 0 Å². The van der Waals surface area contributed by atoms with Gasteiger partial charge in [-0.05, 0) is 30.4 Å². The van der Waals surface area contributed by atoms with Gasteiger partial charge >= 0.3 is 0 Å². The van der Waals surface area contributed by atoms with Crippen LogP contribution in [0.25, 0.3) is 0 Å². The molecule has 2 aliphatic carbocycles. The van der Waals surface area contributed by atoms with Gasteiger partial charge in [0, 0.05) is 57.2 Å². The third-order valence-corrected chi connectivity index (χ3v) is 7.86. The lowest BCUT2D eigenvalue weighted by molar-refractivity contribution is -0.125. The van der Waals surface area contributed by atoms with Crippen LogP contribution in [0, 0.1) is 11.3 Å². The van der Waals surface area contributed by atoms with Gasteiger partial charge in [-0.3, -0.25) is 9.89 Å². The van der Waals surface area contributed by atoms with Gasteiger partial charge in [-0.15, -0.1) is 24.0 Å². The van der Waals surface area contributed by atoms with E-state index in [9.17, 15) is 0 Å². The molecule has 5 rings (SSSR count). The average Bonchev–Trinajstić information content (AvgIpc) is 3.45. The highest BCUT2D eigenvalue weighted by Crippen LogP contribution is 2.60. The number of hydrogen-bond donors (Lipinski definition) is 2. The Morgan fingerprint density at radius 2 is 1.87 bits per heavy atom. The van der Waals surface area contributed by atoms with Gasteiger partial charge in [0.15, 0.2) is 5.96 Å². The molecule has 4 aliphatic rings. The fraction of sp³-hybridized carbons (Fsp3) is 0.708. The highest BCUT2D eigenvalue weighted by Gasteiger charge is 2.65. The van der Waals surface area contributed by atoms with E-state index in [1.165, 1.54) is 43.2 Å². The van der Waals surface area contributed by atoms with E-state index in [0.29, 0.717) is 23.5 Å². The Morgan fingerprint density at radius 1 is 1.13 bits per heavy atom. The third kappa shape index (κ3) is 4.61. The number of ether oxygens (including phenoxy) is 2. The molecule has 0 amide bonds. The summed E-state index contributed by atoms with van der Waals surface area (Å²) in [7, 11) is 1.89. The molecule has 31 heavy (non-hydrogen) atoms. The molecule has 3 atom stereocenters. The van der Waals surface area contributed by atoms with Crippen molar-refractivity contribution >= 4 is 29.9 Å². The predicted molar refractivity (Wildman–Crippen MR) is 134 cm³/mol. The lowest BCUT2D eigenvalue weighted by atomic mass is 9.54. The summed E-state index contributed by atoms with van der Waals surface area (Å²) in [6.45, 7) is 6.41. The van der Waals surface area contributed by atoms with Gasteiger partial charge in [-0.1, -0.05) is 37.1 Å². The summed E-state index contributed by atoms with van der Waals surface area (Å²) in [4.78, 5) is 7.05. The van der Waals surface area contributed by atoms with Gasteiger partial charge in [0.05, 0.1) is 19.3 Å². The molecule has 0 radical (unpaired) electrons. The predicted octanol–water partition coefficient (Wildman–Crippen LogP) is 3.15. The minimum absolute atomic E-state index is 0. The van der Waals surface area contributed by atoms with E-state index < -0.39 is 0 Å². The van der Waals surface area contributed by atoms with Crippen molar-refractivity contribution < 1.29 is 9.47 Å². The molecule has 0 bridgehead atoms. The fourth-order valence-corrected chi connectivity index (χ4v) is 6.31. The molecule has 2 saturated carbocycles. The number of nitrogens with one attached hydrogen (secondary N) is 2. The molecule has 0 aromatic heterocycles. The van der Waals surface area contributed by atoms with Crippen molar-refractivity contribution in [2.24, 2.45) is 16.3 Å². The number of hydrogen-bond acceptors (Lipinski definition) is 4. The van der Waals surface area contributed by atoms with E-state index in [-0.39, 0.29) is 24.0 Å². The Labute approximate surface area is 203 Å². The zero-order valence-corrected chi connectivity index (χ0v) is 21.0. The van der Waals surface area contributed by atoms with Crippen molar-refractivity contribution in [1.82, 2.24) is 15.5 Å². The van der Waals surface area contributed by atoms with E-state index in [2.05, 4.69) is 44.8 Å². The van der Waals surface area contributed by atoms with Crippen LogP contribution < -0.4 is 10.6 Å². The number of halogens is 1. The van der Waals surface area contributed by atoms with Gasteiger partial charge in [0.1, 0.15) is 0 Å². The molecule has 172 valence electrons. The van der Waals surface area contributed by atoms with Crippen molar-refractivity contribution in [1.29, 1.82) is 0 Å². The first kappa shape index (κ1) is 23.3. The highest BCUT2D eigenvalue weighted by molar-refractivity contribution is 14.0. The van der Waals surface area contributed by atoms with Gasteiger partial charge in [-0.25, -0.2) is 0 Å². The maximum absolute atomic E-state index is 6.14. The van der Waals surface area contributed by atoms with E-state index in [0.717, 1.165) is 52.0 Å². The van der Waals surface area contributed by atoms with Crippen molar-refractivity contribution in [3.05, 3.63) is 35.4 Å². The van der Waals surface area contributed by atoms with Crippen LogP contribution in [0.1, 0.15) is 43.2 Å². The monoisotopic (exact) mass is 540 g/mol. The molecule has 1 aromatic carbocycles. The summed E-state index contributed by atoms with van der Waals surface area (Å²) in [6.07, 6.45) is 6.93. The molecular weight excluding hydrogens is 503 g/mol. The van der Waals surface area contributed by atoms with Crippen LogP contribution in [0.4, 0.5) is 0 Å². The quantitative estimate of drug-likeness (QED) is 0.342. The number of morpholine rings is 1. The van der Waals surface area contributed by atoms with Crippen LogP contribution in [0.5, 0.6) is 0 Å². The molecule has 2 aliphatic heterocycles. The second-order valence-electron chi connectivity index (χ2n) is 9.39. The lowest BCUT2D eigenvalue weighted by Crippen LogP contribution is -2.69. The Balaban J connectivity index is 0.00000231. The number of rotatable bonds is 5. The first-order valence-corrected chi connectivity index (χ1v) is 11.8. The zero-order chi connectivity index (χ0) is 20.4. The molecule has 2 heterocycles. The zero-order valence-electron chi connectivity index (χ0n) is 18.6. The fourth-order valence-electron chi connectivity index (χ4n) is 6.31. The van der Waals surface area contributed by atoms with Crippen LogP contribution >= 0.6 is 24.0 Å². The van der Waals surface area contributed by atoms with Gasteiger partial charge in [0.25, 0.3) is 0 Å². The summed E-state index contributed by atoms with van der Waals surface area (Å²) in [5.74, 6) is 1.58. The topological polar surface area (TPSA) is 58.1 Å². The number of nitrogens with zero attached hydrogens (tertiary/aromatic N) is 2.